The number of carbonyl (C=O) groups is 1. The van der Waals surface area contributed by atoms with E-state index in [1.807, 2.05) is 4.90 Å². The number of fused-ring (bicyclic) bond motifs is 1. The number of amides is 1. The number of nitrogens with zero attached hydrogens (tertiary/aromatic N) is 6. The molecule has 4 bridgehead atoms. The van der Waals surface area contributed by atoms with Crippen molar-refractivity contribution in [2.24, 2.45) is 0 Å². The minimum Gasteiger partial charge on any atom is -0.474 e. The molecule has 1 N–H and O–H groups in total. The van der Waals surface area contributed by atoms with Crippen molar-refractivity contribution >= 4 is 17.5 Å². The molecule has 6 heterocycles. The first kappa shape index (κ1) is 16.6. The molecule has 4 aliphatic rings. The van der Waals surface area contributed by atoms with Crippen molar-refractivity contribution in [1.29, 1.82) is 0 Å². The van der Waals surface area contributed by atoms with Crippen LogP contribution in [0.2, 0.25) is 0 Å². The fourth-order valence-corrected chi connectivity index (χ4v) is 4.39. The maximum atomic E-state index is 14.1. The lowest BCUT2D eigenvalue weighted by atomic mass is 9.89. The Kier molecular flexibility index (Phi) is 3.50. The molecule has 3 aliphatic heterocycles. The number of rotatable bonds is 0. The van der Waals surface area contributed by atoms with Gasteiger partial charge in [0, 0.05) is 31.0 Å². The van der Waals surface area contributed by atoms with E-state index < -0.39 is 5.82 Å². The van der Waals surface area contributed by atoms with Gasteiger partial charge in [0.05, 0.1) is 18.4 Å². The maximum absolute atomic E-state index is 14.1. The van der Waals surface area contributed by atoms with Crippen molar-refractivity contribution in [3.8, 4) is 5.88 Å². The predicted molar refractivity (Wildman–Crippen MR) is 99.2 cm³/mol. The summed E-state index contributed by atoms with van der Waals surface area (Å²) in [5, 5.41) is 7.21. The number of nitrogens with one attached hydrogen (secondary N) is 1. The Hall–Kier alpha value is -3.30. The molecule has 1 saturated heterocycles. The number of hydrogen-bond donors (Lipinski definition) is 1. The van der Waals surface area contributed by atoms with Crippen LogP contribution in [0.25, 0.3) is 5.65 Å². The molecule has 0 aromatic carbocycles. The molecule has 148 valence electrons. The van der Waals surface area contributed by atoms with Crippen molar-refractivity contribution in [2.75, 3.05) is 11.4 Å². The van der Waals surface area contributed by atoms with Crippen molar-refractivity contribution in [2.45, 2.75) is 43.9 Å². The predicted octanol–water partition coefficient (Wildman–Crippen LogP) is 1.65. The van der Waals surface area contributed by atoms with Crippen molar-refractivity contribution in [3.05, 3.63) is 41.7 Å². The normalized spacial score (nSPS) is 25.6. The van der Waals surface area contributed by atoms with Crippen LogP contribution in [-0.4, -0.2) is 49.2 Å². The Morgan fingerprint density at radius 3 is 3.03 bits per heavy atom. The first-order valence-electron chi connectivity index (χ1n) is 9.76. The van der Waals surface area contributed by atoms with E-state index in [0.29, 0.717) is 41.4 Å². The Morgan fingerprint density at radius 2 is 2.14 bits per heavy atom. The number of hydrogen-bond acceptors (Lipinski definition) is 7. The van der Waals surface area contributed by atoms with Crippen LogP contribution in [0.3, 0.4) is 0 Å². The highest BCUT2D eigenvalue weighted by Crippen LogP contribution is 2.39. The summed E-state index contributed by atoms with van der Waals surface area (Å²) in [6.07, 6.45) is 7.27. The highest BCUT2D eigenvalue weighted by molar-refractivity contribution is 5.99. The summed E-state index contributed by atoms with van der Waals surface area (Å²) in [7, 11) is 0. The van der Waals surface area contributed by atoms with Crippen LogP contribution in [-0.2, 0) is 0 Å². The van der Waals surface area contributed by atoms with Gasteiger partial charge in [0.2, 0.25) is 11.8 Å². The summed E-state index contributed by atoms with van der Waals surface area (Å²) >= 11 is 0. The minimum atomic E-state index is -0.395. The second-order valence-corrected chi connectivity index (χ2v) is 7.76. The second kappa shape index (κ2) is 6.10. The van der Waals surface area contributed by atoms with Crippen LogP contribution in [0.4, 0.5) is 10.3 Å². The summed E-state index contributed by atoms with van der Waals surface area (Å²) in [5.41, 5.74) is 1.59. The quantitative estimate of drug-likeness (QED) is 0.618. The molecule has 1 atom stereocenters. The Labute approximate surface area is 164 Å². The maximum Gasteiger partial charge on any atom is 0.256 e. The number of ether oxygens (including phenoxy) is 1. The smallest absolute Gasteiger partial charge is 0.256 e. The average molecular weight is 395 g/mol. The molecule has 3 aromatic heterocycles. The molecule has 29 heavy (non-hydrogen) atoms. The zero-order chi connectivity index (χ0) is 19.5. The van der Waals surface area contributed by atoms with Crippen LogP contribution < -0.4 is 15.0 Å². The molecule has 0 radical (unpaired) electrons. The highest BCUT2D eigenvalue weighted by Gasteiger charge is 2.37. The van der Waals surface area contributed by atoms with E-state index in [1.165, 1.54) is 23.0 Å². The molecule has 1 aliphatic carbocycles. The molecule has 3 aromatic rings. The topological polar surface area (TPSA) is 97.5 Å². The summed E-state index contributed by atoms with van der Waals surface area (Å²) in [6.45, 7) is 0.720. The first-order valence-corrected chi connectivity index (χ1v) is 9.76. The lowest BCUT2D eigenvalue weighted by Gasteiger charge is -2.36. The third-order valence-electron chi connectivity index (χ3n) is 5.92. The largest absolute Gasteiger partial charge is 0.474 e. The second-order valence-electron chi connectivity index (χ2n) is 7.76. The van der Waals surface area contributed by atoms with Gasteiger partial charge in [-0.1, -0.05) is 0 Å². The molecule has 7 rings (SSSR count). The molecule has 0 unspecified atom stereocenters. The Balaban J connectivity index is 1.52. The van der Waals surface area contributed by atoms with Crippen molar-refractivity contribution in [1.82, 2.24) is 29.9 Å². The number of halogens is 1. The van der Waals surface area contributed by atoms with E-state index in [0.717, 1.165) is 19.4 Å². The zero-order valence-electron chi connectivity index (χ0n) is 15.5. The number of anilines is 1. The number of pyridine rings is 1. The minimum absolute atomic E-state index is 0.0126. The van der Waals surface area contributed by atoms with Crippen LogP contribution in [0, 0.1) is 5.82 Å². The highest BCUT2D eigenvalue weighted by atomic mass is 19.1. The lowest BCUT2D eigenvalue weighted by molar-refractivity contribution is 0.0670. The van der Waals surface area contributed by atoms with Gasteiger partial charge in [-0.15, -0.1) is 0 Å². The van der Waals surface area contributed by atoms with Crippen LogP contribution in [0.15, 0.2) is 24.8 Å². The average Bonchev–Trinajstić information content (AvgIpc) is 3.33. The third kappa shape index (κ3) is 2.62. The lowest BCUT2D eigenvalue weighted by Crippen LogP contribution is -2.49. The summed E-state index contributed by atoms with van der Waals surface area (Å²) in [4.78, 5) is 28.0. The molecule has 2 fully saturated rings. The molecule has 9 nitrogen and oxygen atoms in total. The van der Waals surface area contributed by atoms with E-state index in [-0.39, 0.29) is 24.1 Å². The molecular formula is C19H18FN7O2. The number of aromatic nitrogens is 5. The molecule has 1 amide bonds. The van der Waals surface area contributed by atoms with Gasteiger partial charge in [-0.2, -0.15) is 10.1 Å². The SMILES string of the molecule is O=C1N[C@H]2C[C@@H](C2)Oc2ncc(F)cc2[C@H]2CCCN2c2ncn3ncc1c3n2. The van der Waals surface area contributed by atoms with Crippen molar-refractivity contribution < 1.29 is 13.9 Å². The Morgan fingerprint density at radius 1 is 1.24 bits per heavy atom. The van der Waals surface area contributed by atoms with Crippen LogP contribution in [0.1, 0.15) is 47.6 Å². The molecule has 0 spiro atoms. The summed E-state index contributed by atoms with van der Waals surface area (Å²) in [6, 6.07) is 1.37. The summed E-state index contributed by atoms with van der Waals surface area (Å²) in [5.74, 6) is 0.325. The fraction of sp³-hybridized carbons (Fsp3) is 0.421. The van der Waals surface area contributed by atoms with E-state index in [9.17, 15) is 9.18 Å². The first-order chi connectivity index (χ1) is 14.2. The Bertz CT molecular complexity index is 1130. The van der Waals surface area contributed by atoms with Gasteiger partial charge < -0.3 is 15.0 Å². The zero-order valence-corrected chi connectivity index (χ0v) is 15.5. The van der Waals surface area contributed by atoms with Gasteiger partial charge in [-0.3, -0.25) is 4.79 Å². The van der Waals surface area contributed by atoms with E-state index in [1.54, 1.807) is 6.33 Å². The third-order valence-corrected chi connectivity index (χ3v) is 5.92. The molecule has 1 saturated carbocycles. The standard InChI is InChI=1S/C19H18FN7O2/c20-10-4-13-15-2-1-3-26(15)19-22-9-27-16(25-19)14(8-23-27)17(28)24-11-5-12(6-11)29-18(13)21-7-10/h4,7-9,11-12,15H,1-3,5-6H2,(H,24,28)/t11-,12-,15-/m1/s1. The van der Waals surface area contributed by atoms with Gasteiger partial charge >= 0.3 is 0 Å². The molecular weight excluding hydrogens is 377 g/mol. The van der Waals surface area contributed by atoms with E-state index in [4.69, 9.17) is 4.74 Å². The van der Waals surface area contributed by atoms with Gasteiger partial charge in [0.15, 0.2) is 5.65 Å². The number of carbonyl (C=O) groups excluding carboxylic acids is 1. The van der Waals surface area contributed by atoms with Gasteiger partial charge in [-0.05, 0) is 18.9 Å². The van der Waals surface area contributed by atoms with Gasteiger partial charge in [0.1, 0.15) is 23.8 Å². The van der Waals surface area contributed by atoms with Crippen LogP contribution >= 0.6 is 0 Å². The van der Waals surface area contributed by atoms with E-state index in [2.05, 4.69) is 25.4 Å². The van der Waals surface area contributed by atoms with Crippen molar-refractivity contribution in [3.63, 3.8) is 0 Å². The monoisotopic (exact) mass is 395 g/mol. The van der Waals surface area contributed by atoms with E-state index >= 15 is 0 Å². The van der Waals surface area contributed by atoms with Gasteiger partial charge in [-0.25, -0.2) is 18.9 Å². The van der Waals surface area contributed by atoms with Gasteiger partial charge in [0.25, 0.3) is 5.91 Å². The fourth-order valence-electron chi connectivity index (χ4n) is 4.39. The summed E-state index contributed by atoms with van der Waals surface area (Å²) < 4.78 is 21.7. The molecule has 10 heteroatoms. The van der Waals surface area contributed by atoms with Crippen LogP contribution in [0.5, 0.6) is 5.88 Å².